The average Bonchev–Trinajstić information content (AvgIpc) is 2.60. The second kappa shape index (κ2) is 10.1. The van der Waals surface area contributed by atoms with Gasteiger partial charge in [-0.2, -0.15) is 0 Å². The van der Waals surface area contributed by atoms with Gasteiger partial charge in [0.2, 0.25) is 0 Å². The summed E-state index contributed by atoms with van der Waals surface area (Å²) in [5.41, 5.74) is 5.40. The third-order valence-corrected chi connectivity index (χ3v) is 4.33. The van der Waals surface area contributed by atoms with Crippen LogP contribution in [0.2, 0.25) is 0 Å². The molecule has 0 spiro atoms. The van der Waals surface area contributed by atoms with Crippen LogP contribution >= 0.6 is 0 Å². The summed E-state index contributed by atoms with van der Waals surface area (Å²) in [4.78, 5) is 0. The van der Waals surface area contributed by atoms with Gasteiger partial charge in [-0.05, 0) is 25.8 Å². The topological polar surface area (TPSA) is 164 Å². The lowest BCUT2D eigenvalue weighted by Crippen LogP contribution is -2.59. The summed E-state index contributed by atoms with van der Waals surface area (Å²) in [7, 11) is 0. The third kappa shape index (κ3) is 5.54. The third-order valence-electron chi connectivity index (χ3n) is 4.33. The number of aliphatic hydroxyl groups is 5. The molecule has 2 unspecified atom stereocenters. The second-order valence-electron chi connectivity index (χ2n) is 6.33. The van der Waals surface area contributed by atoms with Gasteiger partial charge in [0, 0.05) is 6.61 Å². The van der Waals surface area contributed by atoms with Crippen molar-refractivity contribution in [2.45, 2.75) is 68.5 Å². The lowest BCUT2D eigenvalue weighted by atomic mass is 10.0. The van der Waals surface area contributed by atoms with Crippen LogP contribution in [-0.2, 0) is 18.9 Å². The van der Waals surface area contributed by atoms with Gasteiger partial charge in [0.1, 0.15) is 36.6 Å². The molecule has 0 saturated carbocycles. The fraction of sp³-hybridized carbons (Fsp3) is 1.00. The van der Waals surface area contributed by atoms with E-state index in [-0.39, 0.29) is 13.2 Å². The molecule has 10 heteroatoms. The summed E-state index contributed by atoms with van der Waals surface area (Å²) in [6.07, 6.45) is -7.41. The van der Waals surface area contributed by atoms with Crippen molar-refractivity contribution in [2.75, 3.05) is 26.4 Å². The van der Waals surface area contributed by atoms with Gasteiger partial charge in [0.05, 0.1) is 13.2 Å². The van der Waals surface area contributed by atoms with E-state index in [1.807, 2.05) is 0 Å². The standard InChI is InChI=1S/C15H29NO9/c16-4-2-1-3-5-22-14-13(21)11(19)9(7-24-14)25-15-12(20)10(18)8(17)6-23-15/h8-15,17-21H,1-7,16H2/t8-,9-,10+,11+,12?,13?,14-,15+/m1/s1. The highest BCUT2D eigenvalue weighted by atomic mass is 16.7. The van der Waals surface area contributed by atoms with E-state index in [1.165, 1.54) is 0 Å². The Morgan fingerprint density at radius 1 is 0.800 bits per heavy atom. The second-order valence-corrected chi connectivity index (χ2v) is 6.33. The van der Waals surface area contributed by atoms with E-state index in [1.54, 1.807) is 0 Å². The Labute approximate surface area is 146 Å². The summed E-state index contributed by atoms with van der Waals surface area (Å²) in [6, 6.07) is 0. The van der Waals surface area contributed by atoms with Crippen LogP contribution in [0.25, 0.3) is 0 Å². The molecule has 2 aliphatic heterocycles. The zero-order chi connectivity index (χ0) is 18.4. The average molecular weight is 367 g/mol. The van der Waals surface area contributed by atoms with E-state index in [0.717, 1.165) is 19.3 Å². The van der Waals surface area contributed by atoms with Crippen LogP contribution in [-0.4, -0.2) is 101 Å². The van der Waals surface area contributed by atoms with Crippen LogP contribution in [0.5, 0.6) is 0 Å². The highest BCUT2D eigenvalue weighted by Gasteiger charge is 2.44. The first-order valence-electron chi connectivity index (χ1n) is 8.56. The van der Waals surface area contributed by atoms with Crippen LogP contribution < -0.4 is 5.73 Å². The van der Waals surface area contributed by atoms with E-state index >= 15 is 0 Å². The molecular weight excluding hydrogens is 338 g/mol. The number of ether oxygens (including phenoxy) is 4. The Hall–Kier alpha value is -0.400. The molecule has 2 fully saturated rings. The van der Waals surface area contributed by atoms with E-state index in [4.69, 9.17) is 24.7 Å². The molecule has 0 aromatic rings. The monoisotopic (exact) mass is 367 g/mol. The van der Waals surface area contributed by atoms with Gasteiger partial charge in [-0.25, -0.2) is 0 Å². The summed E-state index contributed by atoms with van der Waals surface area (Å²) in [6.45, 7) is 0.677. The van der Waals surface area contributed by atoms with Gasteiger partial charge in [0.15, 0.2) is 12.6 Å². The fourth-order valence-electron chi connectivity index (χ4n) is 2.73. The highest BCUT2D eigenvalue weighted by molar-refractivity contribution is 4.87. The van der Waals surface area contributed by atoms with Gasteiger partial charge in [0.25, 0.3) is 0 Å². The van der Waals surface area contributed by atoms with E-state index in [0.29, 0.717) is 13.2 Å². The zero-order valence-electron chi connectivity index (χ0n) is 14.0. The normalized spacial score (nSPS) is 42.5. The van der Waals surface area contributed by atoms with Crippen molar-refractivity contribution in [2.24, 2.45) is 5.73 Å². The van der Waals surface area contributed by atoms with Gasteiger partial charge < -0.3 is 50.2 Å². The van der Waals surface area contributed by atoms with E-state index in [2.05, 4.69) is 0 Å². The van der Waals surface area contributed by atoms with Crippen LogP contribution in [0.15, 0.2) is 0 Å². The number of unbranched alkanes of at least 4 members (excludes halogenated alkanes) is 2. The zero-order valence-corrected chi connectivity index (χ0v) is 14.0. The SMILES string of the molecule is NCCCCCO[C@@H]1OC[C@@H](O[C@@H]2OC[C@@H](O)[C@H](O)C2O)[C@H](O)C1O. The van der Waals surface area contributed by atoms with Crippen molar-refractivity contribution in [3.63, 3.8) is 0 Å². The van der Waals surface area contributed by atoms with Crippen LogP contribution in [0.1, 0.15) is 19.3 Å². The van der Waals surface area contributed by atoms with Crippen molar-refractivity contribution < 1.29 is 44.5 Å². The Morgan fingerprint density at radius 3 is 2.20 bits per heavy atom. The molecule has 2 heterocycles. The molecule has 10 nitrogen and oxygen atoms in total. The van der Waals surface area contributed by atoms with E-state index < -0.39 is 49.2 Å². The maximum atomic E-state index is 10.2. The fourth-order valence-corrected chi connectivity index (χ4v) is 2.73. The number of hydrogen-bond acceptors (Lipinski definition) is 10. The van der Waals surface area contributed by atoms with Crippen molar-refractivity contribution in [3.8, 4) is 0 Å². The first kappa shape index (κ1) is 20.9. The molecule has 148 valence electrons. The predicted octanol–water partition coefficient (Wildman–Crippen LogP) is -2.97. The summed E-state index contributed by atoms with van der Waals surface area (Å²) < 4.78 is 21.3. The molecule has 0 aliphatic carbocycles. The maximum Gasteiger partial charge on any atom is 0.186 e. The minimum atomic E-state index is -1.48. The van der Waals surface area contributed by atoms with Crippen molar-refractivity contribution in [1.29, 1.82) is 0 Å². The number of rotatable bonds is 8. The Balaban J connectivity index is 1.77. The Kier molecular flexibility index (Phi) is 8.42. The smallest absolute Gasteiger partial charge is 0.186 e. The molecule has 0 bridgehead atoms. The Bertz CT molecular complexity index is 388. The molecule has 25 heavy (non-hydrogen) atoms. The highest BCUT2D eigenvalue weighted by Crippen LogP contribution is 2.24. The molecule has 2 rings (SSSR count). The van der Waals surface area contributed by atoms with Crippen molar-refractivity contribution in [3.05, 3.63) is 0 Å². The summed E-state index contributed by atoms with van der Waals surface area (Å²) in [5.74, 6) is 0. The summed E-state index contributed by atoms with van der Waals surface area (Å²) >= 11 is 0. The molecular formula is C15H29NO9. The quantitative estimate of drug-likeness (QED) is 0.244. The van der Waals surface area contributed by atoms with Gasteiger partial charge in [-0.3, -0.25) is 0 Å². The van der Waals surface area contributed by atoms with Crippen LogP contribution in [0.3, 0.4) is 0 Å². The Morgan fingerprint density at radius 2 is 1.48 bits per heavy atom. The molecule has 2 aliphatic rings. The minimum absolute atomic E-state index is 0.0864. The first-order valence-corrected chi connectivity index (χ1v) is 8.56. The molecule has 7 N–H and O–H groups in total. The number of nitrogens with two attached hydrogens (primary N) is 1. The lowest BCUT2D eigenvalue weighted by molar-refractivity contribution is -0.328. The summed E-state index contributed by atoms with van der Waals surface area (Å²) in [5, 5.41) is 49.2. The van der Waals surface area contributed by atoms with Crippen molar-refractivity contribution in [1.82, 2.24) is 0 Å². The van der Waals surface area contributed by atoms with E-state index in [9.17, 15) is 25.5 Å². The van der Waals surface area contributed by atoms with Crippen LogP contribution in [0.4, 0.5) is 0 Å². The molecule has 8 atom stereocenters. The van der Waals surface area contributed by atoms with Gasteiger partial charge in [-0.15, -0.1) is 0 Å². The number of hydrogen-bond donors (Lipinski definition) is 6. The first-order chi connectivity index (χ1) is 12.0. The van der Waals surface area contributed by atoms with Crippen molar-refractivity contribution >= 4 is 0 Å². The number of aliphatic hydroxyl groups excluding tert-OH is 5. The van der Waals surface area contributed by atoms with Gasteiger partial charge >= 0.3 is 0 Å². The van der Waals surface area contributed by atoms with Gasteiger partial charge in [-0.1, -0.05) is 0 Å². The maximum absolute atomic E-state index is 10.2. The molecule has 0 aromatic carbocycles. The predicted molar refractivity (Wildman–Crippen MR) is 83.2 cm³/mol. The lowest BCUT2D eigenvalue weighted by Gasteiger charge is -2.41. The molecule has 0 amide bonds. The molecule has 0 radical (unpaired) electrons. The molecule has 0 aromatic heterocycles. The van der Waals surface area contributed by atoms with Crippen LogP contribution in [0, 0.1) is 0 Å². The molecule has 2 saturated heterocycles. The largest absolute Gasteiger partial charge is 0.388 e. The minimum Gasteiger partial charge on any atom is -0.388 e.